The van der Waals surface area contributed by atoms with Gasteiger partial charge in [0.1, 0.15) is 6.61 Å². The second-order valence-electron chi connectivity index (χ2n) is 5.21. The molecule has 0 spiro atoms. The summed E-state index contributed by atoms with van der Waals surface area (Å²) >= 11 is 2.40. The fraction of sp³-hybridized carbons (Fsp3) is 0.562. The summed E-state index contributed by atoms with van der Waals surface area (Å²) in [4.78, 5) is 14.2. The quantitative estimate of drug-likeness (QED) is 0.554. The number of ether oxygens (including phenoxy) is 1. The summed E-state index contributed by atoms with van der Waals surface area (Å²) in [6, 6.07) is 10.2. The Morgan fingerprint density at radius 3 is 2.85 bits per heavy atom. The number of carbonyl (C=O) groups excluding carboxylic acids is 1. The predicted molar refractivity (Wildman–Crippen MR) is 89.1 cm³/mol. The van der Waals surface area contributed by atoms with Crippen molar-refractivity contribution < 1.29 is 9.53 Å². The topological polar surface area (TPSA) is 29.5 Å². The molecule has 4 heteroatoms. The summed E-state index contributed by atoms with van der Waals surface area (Å²) < 4.78 is 6.62. The highest BCUT2D eigenvalue weighted by Gasteiger charge is 2.27. The summed E-state index contributed by atoms with van der Waals surface area (Å²) in [5.41, 5.74) is 1.04. The first-order chi connectivity index (χ1) is 9.81. The number of likely N-dealkylation sites (tertiary alicyclic amines) is 1. The molecule has 3 nitrogen and oxygen atoms in total. The molecule has 1 amide bonds. The molecule has 0 unspecified atom stereocenters. The summed E-state index contributed by atoms with van der Waals surface area (Å²) in [5.74, 6) is 0. The van der Waals surface area contributed by atoms with E-state index in [2.05, 4.69) is 22.6 Å². The Labute approximate surface area is 134 Å². The monoisotopic (exact) mass is 387 g/mol. The standard InChI is InChI=1S/C16H22INO2/c17-11-6-10-15-9-4-5-12-18(15)16(19)20-13-14-7-2-1-3-8-14/h1-3,7-8,15H,4-6,9-13H2/t15-/m0/s1. The van der Waals surface area contributed by atoms with Crippen LogP contribution >= 0.6 is 22.6 Å². The maximum Gasteiger partial charge on any atom is 0.410 e. The molecule has 1 aromatic carbocycles. The number of alkyl halides is 1. The first-order valence-corrected chi connectivity index (χ1v) is 8.87. The van der Waals surface area contributed by atoms with Crippen molar-refractivity contribution in [1.29, 1.82) is 0 Å². The summed E-state index contributed by atoms with van der Waals surface area (Å²) in [7, 11) is 0. The third-order valence-electron chi connectivity index (χ3n) is 3.74. The zero-order valence-corrected chi connectivity index (χ0v) is 13.9. The van der Waals surface area contributed by atoms with Gasteiger partial charge in [-0.15, -0.1) is 0 Å². The van der Waals surface area contributed by atoms with Gasteiger partial charge in [-0.3, -0.25) is 0 Å². The summed E-state index contributed by atoms with van der Waals surface area (Å²) in [5, 5.41) is 0. The van der Waals surface area contributed by atoms with Gasteiger partial charge in [0.2, 0.25) is 0 Å². The SMILES string of the molecule is O=C(OCc1ccccc1)N1CCCC[C@H]1CCCI. The average Bonchev–Trinajstić information content (AvgIpc) is 2.52. The van der Waals surface area contributed by atoms with Crippen LogP contribution in [0.15, 0.2) is 30.3 Å². The smallest absolute Gasteiger partial charge is 0.410 e. The molecule has 1 heterocycles. The Kier molecular flexibility index (Phi) is 6.63. The molecule has 0 aromatic heterocycles. The number of rotatable bonds is 5. The molecular formula is C16H22INO2. The number of amides is 1. The molecule has 0 radical (unpaired) electrons. The molecular weight excluding hydrogens is 365 g/mol. The van der Waals surface area contributed by atoms with Crippen LogP contribution in [0.5, 0.6) is 0 Å². The van der Waals surface area contributed by atoms with Crippen molar-refractivity contribution in [3.63, 3.8) is 0 Å². The Balaban J connectivity index is 1.85. The van der Waals surface area contributed by atoms with Gasteiger partial charge in [0, 0.05) is 12.6 Å². The van der Waals surface area contributed by atoms with Crippen LogP contribution in [0, 0.1) is 0 Å². The molecule has 2 rings (SSSR count). The van der Waals surface area contributed by atoms with E-state index in [-0.39, 0.29) is 6.09 Å². The van der Waals surface area contributed by atoms with Crippen molar-refractivity contribution in [3.8, 4) is 0 Å². The Hall–Kier alpha value is -0.780. The Morgan fingerprint density at radius 1 is 1.30 bits per heavy atom. The number of benzene rings is 1. The van der Waals surface area contributed by atoms with Gasteiger partial charge in [0.05, 0.1) is 0 Å². The second kappa shape index (κ2) is 8.49. The fourth-order valence-electron chi connectivity index (χ4n) is 2.66. The van der Waals surface area contributed by atoms with Crippen LogP contribution in [0.25, 0.3) is 0 Å². The molecule has 0 aliphatic carbocycles. The highest BCUT2D eigenvalue weighted by Crippen LogP contribution is 2.22. The summed E-state index contributed by atoms with van der Waals surface area (Å²) in [6.45, 7) is 1.22. The maximum atomic E-state index is 12.2. The molecule has 1 aliphatic heterocycles. The van der Waals surface area contributed by atoms with E-state index in [1.54, 1.807) is 0 Å². The van der Waals surface area contributed by atoms with E-state index < -0.39 is 0 Å². The number of hydrogen-bond acceptors (Lipinski definition) is 2. The molecule has 1 fully saturated rings. The van der Waals surface area contributed by atoms with Gasteiger partial charge < -0.3 is 9.64 Å². The van der Waals surface area contributed by atoms with E-state index in [1.807, 2.05) is 35.2 Å². The van der Waals surface area contributed by atoms with E-state index >= 15 is 0 Å². The molecule has 1 aromatic rings. The number of carbonyl (C=O) groups is 1. The molecule has 1 saturated heterocycles. The minimum absolute atomic E-state index is 0.146. The van der Waals surface area contributed by atoms with Gasteiger partial charge in [0.25, 0.3) is 0 Å². The third-order valence-corrected chi connectivity index (χ3v) is 4.50. The van der Waals surface area contributed by atoms with E-state index in [0.29, 0.717) is 12.6 Å². The van der Waals surface area contributed by atoms with Crippen LogP contribution in [0.3, 0.4) is 0 Å². The van der Waals surface area contributed by atoms with Gasteiger partial charge >= 0.3 is 6.09 Å². The van der Waals surface area contributed by atoms with E-state index in [1.165, 1.54) is 12.8 Å². The van der Waals surface area contributed by atoms with Crippen molar-refractivity contribution in [3.05, 3.63) is 35.9 Å². The predicted octanol–water partition coefficient (Wildman–Crippen LogP) is 4.39. The number of hydrogen-bond donors (Lipinski definition) is 0. The zero-order valence-electron chi connectivity index (χ0n) is 11.8. The largest absolute Gasteiger partial charge is 0.445 e. The highest BCUT2D eigenvalue weighted by atomic mass is 127. The van der Waals surface area contributed by atoms with Gasteiger partial charge in [-0.05, 0) is 42.1 Å². The first kappa shape index (κ1) is 15.6. The van der Waals surface area contributed by atoms with E-state index in [0.717, 1.165) is 35.8 Å². The van der Waals surface area contributed by atoms with Crippen molar-refractivity contribution in [2.45, 2.75) is 44.8 Å². The van der Waals surface area contributed by atoms with Crippen LogP contribution in [-0.4, -0.2) is 28.0 Å². The Morgan fingerprint density at radius 2 is 2.10 bits per heavy atom. The lowest BCUT2D eigenvalue weighted by molar-refractivity contribution is 0.0660. The van der Waals surface area contributed by atoms with Crippen molar-refractivity contribution in [1.82, 2.24) is 4.90 Å². The van der Waals surface area contributed by atoms with Crippen molar-refractivity contribution >= 4 is 28.7 Å². The average molecular weight is 387 g/mol. The normalized spacial score (nSPS) is 18.9. The summed E-state index contributed by atoms with van der Waals surface area (Å²) in [6.07, 6.45) is 5.58. The molecule has 0 saturated carbocycles. The van der Waals surface area contributed by atoms with Crippen LogP contribution in [0.4, 0.5) is 4.79 Å². The van der Waals surface area contributed by atoms with Gasteiger partial charge in [-0.25, -0.2) is 4.79 Å². The molecule has 0 bridgehead atoms. The molecule has 0 N–H and O–H groups in total. The molecule has 1 aliphatic rings. The van der Waals surface area contributed by atoms with Crippen LogP contribution in [-0.2, 0) is 11.3 Å². The number of halogens is 1. The van der Waals surface area contributed by atoms with Crippen molar-refractivity contribution in [2.75, 3.05) is 11.0 Å². The fourth-order valence-corrected chi connectivity index (χ4v) is 3.10. The lowest BCUT2D eigenvalue weighted by atomic mass is 9.99. The lowest BCUT2D eigenvalue weighted by Crippen LogP contribution is -2.44. The minimum atomic E-state index is -0.146. The molecule has 1 atom stereocenters. The van der Waals surface area contributed by atoms with E-state index in [4.69, 9.17) is 4.74 Å². The van der Waals surface area contributed by atoms with Gasteiger partial charge in [-0.2, -0.15) is 0 Å². The molecule has 20 heavy (non-hydrogen) atoms. The lowest BCUT2D eigenvalue weighted by Gasteiger charge is -2.35. The minimum Gasteiger partial charge on any atom is -0.445 e. The van der Waals surface area contributed by atoms with E-state index in [9.17, 15) is 4.79 Å². The number of piperidine rings is 1. The maximum absolute atomic E-state index is 12.2. The van der Waals surface area contributed by atoms with Crippen LogP contribution < -0.4 is 0 Å². The first-order valence-electron chi connectivity index (χ1n) is 7.34. The molecule has 110 valence electrons. The van der Waals surface area contributed by atoms with Crippen molar-refractivity contribution in [2.24, 2.45) is 0 Å². The highest BCUT2D eigenvalue weighted by molar-refractivity contribution is 14.1. The van der Waals surface area contributed by atoms with Crippen LogP contribution in [0.2, 0.25) is 0 Å². The third kappa shape index (κ3) is 4.65. The van der Waals surface area contributed by atoms with Crippen LogP contribution in [0.1, 0.15) is 37.7 Å². The second-order valence-corrected chi connectivity index (χ2v) is 6.29. The van der Waals surface area contributed by atoms with Gasteiger partial charge in [-0.1, -0.05) is 52.9 Å². The zero-order chi connectivity index (χ0) is 14.2. The van der Waals surface area contributed by atoms with Gasteiger partial charge in [0.15, 0.2) is 0 Å². The number of nitrogens with zero attached hydrogens (tertiary/aromatic N) is 1. The Bertz CT molecular complexity index is 410.